The first-order valence-corrected chi connectivity index (χ1v) is 7.82. The molecule has 0 aromatic heterocycles. The molecule has 0 radical (unpaired) electrons. The fraction of sp³-hybridized carbons (Fsp3) is 0.200. The van der Waals surface area contributed by atoms with Crippen LogP contribution in [0.4, 0.5) is 11.4 Å². The van der Waals surface area contributed by atoms with Crippen LogP contribution in [0.15, 0.2) is 45.3 Å². The maximum atomic E-state index is 5.84. The Morgan fingerprint density at radius 2 is 1.84 bits per heavy atom. The molecule has 1 atom stereocenters. The van der Waals surface area contributed by atoms with Crippen molar-refractivity contribution in [2.45, 2.75) is 18.9 Å². The van der Waals surface area contributed by atoms with Crippen LogP contribution < -0.4 is 11.1 Å². The van der Waals surface area contributed by atoms with Crippen LogP contribution in [0.1, 0.15) is 23.6 Å². The van der Waals surface area contributed by atoms with E-state index in [0.29, 0.717) is 6.04 Å². The number of hydrogen-bond donors (Lipinski definition) is 2. The van der Waals surface area contributed by atoms with E-state index in [1.807, 2.05) is 24.3 Å². The molecular formula is C15H14Br2N2. The highest BCUT2D eigenvalue weighted by Gasteiger charge is 2.23. The normalized spacial score (nSPS) is 17.3. The van der Waals surface area contributed by atoms with E-state index in [4.69, 9.17) is 5.73 Å². The van der Waals surface area contributed by atoms with Gasteiger partial charge in [-0.25, -0.2) is 0 Å². The van der Waals surface area contributed by atoms with Gasteiger partial charge in [0.15, 0.2) is 0 Å². The van der Waals surface area contributed by atoms with E-state index in [0.717, 1.165) is 33.2 Å². The Bertz CT molecular complexity index is 605. The Balaban J connectivity index is 1.91. The molecule has 2 aromatic carbocycles. The van der Waals surface area contributed by atoms with Gasteiger partial charge < -0.3 is 11.1 Å². The summed E-state index contributed by atoms with van der Waals surface area (Å²) in [6.45, 7) is 0. The van der Waals surface area contributed by atoms with Crippen LogP contribution in [0.3, 0.4) is 0 Å². The molecule has 2 aromatic rings. The van der Waals surface area contributed by atoms with Crippen molar-refractivity contribution in [1.82, 2.24) is 0 Å². The number of fused-ring (bicyclic) bond motifs is 1. The Morgan fingerprint density at radius 1 is 1.11 bits per heavy atom. The van der Waals surface area contributed by atoms with Crippen molar-refractivity contribution in [2.24, 2.45) is 0 Å². The second-order valence-corrected chi connectivity index (χ2v) is 6.50. The van der Waals surface area contributed by atoms with Gasteiger partial charge in [0.25, 0.3) is 0 Å². The van der Waals surface area contributed by atoms with Crippen LogP contribution in [0.2, 0.25) is 0 Å². The summed E-state index contributed by atoms with van der Waals surface area (Å²) < 4.78 is 2.15. The summed E-state index contributed by atoms with van der Waals surface area (Å²) in [5.74, 6) is 0. The van der Waals surface area contributed by atoms with E-state index in [1.54, 1.807) is 0 Å². The summed E-state index contributed by atoms with van der Waals surface area (Å²) in [6.07, 6.45) is 2.19. The number of aryl methyl sites for hydroxylation is 1. The standard InChI is InChI=1S/C15H14Br2N2/c16-12-2-1-3-13(17)15(12)19-14-7-4-9-8-10(18)5-6-11(9)14/h1-3,5-6,8,14,19H,4,7,18H2. The third-order valence-electron chi connectivity index (χ3n) is 3.53. The third kappa shape index (κ3) is 2.51. The maximum Gasteiger partial charge on any atom is 0.0633 e. The molecular weight excluding hydrogens is 368 g/mol. The first kappa shape index (κ1) is 13.0. The monoisotopic (exact) mass is 380 g/mol. The highest BCUT2D eigenvalue weighted by atomic mass is 79.9. The molecule has 4 heteroatoms. The summed E-state index contributed by atoms with van der Waals surface area (Å²) in [5.41, 5.74) is 10.5. The van der Waals surface area contributed by atoms with Gasteiger partial charge in [-0.3, -0.25) is 0 Å². The van der Waals surface area contributed by atoms with Crippen LogP contribution in [-0.2, 0) is 6.42 Å². The van der Waals surface area contributed by atoms with Gasteiger partial charge >= 0.3 is 0 Å². The molecule has 0 saturated carbocycles. The van der Waals surface area contributed by atoms with Crippen LogP contribution in [-0.4, -0.2) is 0 Å². The molecule has 1 aliphatic carbocycles. The van der Waals surface area contributed by atoms with Crippen LogP contribution in [0.25, 0.3) is 0 Å². The Kier molecular flexibility index (Phi) is 3.54. The molecule has 98 valence electrons. The molecule has 1 unspecified atom stereocenters. The number of anilines is 2. The maximum absolute atomic E-state index is 5.84. The molecule has 0 fully saturated rings. The number of nitrogens with one attached hydrogen (secondary N) is 1. The van der Waals surface area contributed by atoms with Gasteiger partial charge in [0.2, 0.25) is 0 Å². The molecule has 0 bridgehead atoms. The molecule has 1 aliphatic rings. The smallest absolute Gasteiger partial charge is 0.0633 e. The van der Waals surface area contributed by atoms with Gasteiger partial charge in [0.05, 0.1) is 11.7 Å². The lowest BCUT2D eigenvalue weighted by Gasteiger charge is -2.18. The minimum atomic E-state index is 0.352. The van der Waals surface area contributed by atoms with Crippen molar-refractivity contribution >= 4 is 43.2 Å². The zero-order chi connectivity index (χ0) is 13.4. The van der Waals surface area contributed by atoms with Crippen molar-refractivity contribution < 1.29 is 0 Å². The van der Waals surface area contributed by atoms with Gasteiger partial charge in [0, 0.05) is 14.6 Å². The number of nitrogen functional groups attached to an aromatic ring is 1. The zero-order valence-electron chi connectivity index (χ0n) is 10.3. The number of hydrogen-bond acceptors (Lipinski definition) is 2. The number of halogens is 2. The van der Waals surface area contributed by atoms with E-state index in [9.17, 15) is 0 Å². The van der Waals surface area contributed by atoms with Gasteiger partial charge in [-0.1, -0.05) is 12.1 Å². The summed E-state index contributed by atoms with van der Waals surface area (Å²) in [7, 11) is 0. The zero-order valence-corrected chi connectivity index (χ0v) is 13.5. The number of para-hydroxylation sites is 1. The lowest BCUT2D eigenvalue weighted by Crippen LogP contribution is -2.08. The van der Waals surface area contributed by atoms with Crippen molar-refractivity contribution in [1.29, 1.82) is 0 Å². The van der Waals surface area contributed by atoms with Gasteiger partial charge in [0.1, 0.15) is 0 Å². The fourth-order valence-corrected chi connectivity index (χ4v) is 3.82. The summed E-state index contributed by atoms with van der Waals surface area (Å²) >= 11 is 7.19. The van der Waals surface area contributed by atoms with Gasteiger partial charge in [-0.05, 0) is 80.1 Å². The van der Waals surface area contributed by atoms with E-state index in [1.165, 1.54) is 11.1 Å². The average molecular weight is 382 g/mol. The van der Waals surface area contributed by atoms with E-state index in [-0.39, 0.29) is 0 Å². The van der Waals surface area contributed by atoms with Crippen molar-refractivity contribution in [2.75, 3.05) is 11.1 Å². The summed E-state index contributed by atoms with van der Waals surface area (Å²) in [6, 6.07) is 12.7. The Hall–Kier alpha value is -1.000. The number of benzene rings is 2. The van der Waals surface area contributed by atoms with Crippen LogP contribution in [0.5, 0.6) is 0 Å². The molecule has 0 aliphatic heterocycles. The Labute approximate surface area is 129 Å². The second kappa shape index (κ2) is 5.17. The molecule has 0 heterocycles. The highest BCUT2D eigenvalue weighted by molar-refractivity contribution is 9.11. The van der Waals surface area contributed by atoms with Crippen LogP contribution >= 0.6 is 31.9 Å². The molecule has 0 spiro atoms. The SMILES string of the molecule is Nc1ccc2c(c1)CCC2Nc1c(Br)cccc1Br. The van der Waals surface area contributed by atoms with E-state index < -0.39 is 0 Å². The number of rotatable bonds is 2. The first-order valence-electron chi connectivity index (χ1n) is 6.24. The van der Waals surface area contributed by atoms with Crippen molar-refractivity contribution in [3.8, 4) is 0 Å². The largest absolute Gasteiger partial charge is 0.399 e. The van der Waals surface area contributed by atoms with Gasteiger partial charge in [-0.2, -0.15) is 0 Å². The molecule has 3 rings (SSSR count). The summed E-state index contributed by atoms with van der Waals surface area (Å²) in [5, 5.41) is 3.62. The molecule has 0 saturated heterocycles. The third-order valence-corrected chi connectivity index (χ3v) is 4.85. The molecule has 3 N–H and O–H groups in total. The second-order valence-electron chi connectivity index (χ2n) is 4.79. The lowest BCUT2D eigenvalue weighted by molar-refractivity contribution is 0.761. The fourth-order valence-electron chi connectivity index (χ4n) is 2.60. The van der Waals surface area contributed by atoms with E-state index in [2.05, 4.69) is 49.3 Å². The van der Waals surface area contributed by atoms with Crippen molar-refractivity contribution in [3.63, 3.8) is 0 Å². The molecule has 0 amide bonds. The topological polar surface area (TPSA) is 38.0 Å². The minimum Gasteiger partial charge on any atom is -0.399 e. The highest BCUT2D eigenvalue weighted by Crippen LogP contribution is 2.39. The lowest BCUT2D eigenvalue weighted by atomic mass is 10.1. The molecule has 2 nitrogen and oxygen atoms in total. The number of nitrogens with two attached hydrogens (primary N) is 1. The van der Waals surface area contributed by atoms with Crippen molar-refractivity contribution in [3.05, 3.63) is 56.5 Å². The predicted octanol–water partition coefficient (Wildman–Crippen LogP) is 4.89. The quantitative estimate of drug-likeness (QED) is 0.726. The average Bonchev–Trinajstić information content (AvgIpc) is 2.76. The Morgan fingerprint density at radius 3 is 2.58 bits per heavy atom. The molecule has 19 heavy (non-hydrogen) atoms. The predicted molar refractivity (Wildman–Crippen MR) is 87.4 cm³/mol. The minimum absolute atomic E-state index is 0.352. The summed E-state index contributed by atoms with van der Waals surface area (Å²) in [4.78, 5) is 0. The van der Waals surface area contributed by atoms with Gasteiger partial charge in [-0.15, -0.1) is 0 Å². The first-order chi connectivity index (χ1) is 9.15. The van der Waals surface area contributed by atoms with E-state index >= 15 is 0 Å². The van der Waals surface area contributed by atoms with Crippen LogP contribution in [0, 0.1) is 0 Å².